The third kappa shape index (κ3) is 2.94. The summed E-state index contributed by atoms with van der Waals surface area (Å²) in [4.78, 5) is 12.5. The summed E-state index contributed by atoms with van der Waals surface area (Å²) in [5.74, 6) is -1.36. The van der Waals surface area contributed by atoms with E-state index in [-0.39, 0.29) is 11.5 Å². The van der Waals surface area contributed by atoms with E-state index in [9.17, 15) is 13.2 Å². The monoisotopic (exact) mass is 379 g/mol. The summed E-state index contributed by atoms with van der Waals surface area (Å²) >= 11 is 5.84. The highest BCUT2D eigenvalue weighted by atomic mass is 35.5. The Morgan fingerprint density at radius 1 is 1.16 bits per heavy atom. The van der Waals surface area contributed by atoms with Crippen molar-refractivity contribution in [2.75, 3.05) is 6.61 Å². The minimum atomic E-state index is -3.84. The second-order valence-corrected chi connectivity index (χ2v) is 8.47. The molecule has 132 valence electrons. The Morgan fingerprint density at radius 3 is 2.32 bits per heavy atom. The summed E-state index contributed by atoms with van der Waals surface area (Å²) in [5.41, 5.74) is 5.36. The van der Waals surface area contributed by atoms with Gasteiger partial charge in [-0.25, -0.2) is 13.2 Å². The molecule has 1 fully saturated rings. The van der Waals surface area contributed by atoms with Crippen LogP contribution in [0.15, 0.2) is 59.5 Å². The molecule has 1 saturated carbocycles. The molecule has 2 aromatic carbocycles. The maximum absolute atomic E-state index is 13.1. The fourth-order valence-corrected chi connectivity index (χ4v) is 5.54. The summed E-state index contributed by atoms with van der Waals surface area (Å²) in [6.45, 7) is 1.79. The largest absolute Gasteiger partial charge is 0.465 e. The number of hydrogen-bond acceptors (Lipinski definition) is 5. The van der Waals surface area contributed by atoms with Gasteiger partial charge in [-0.15, -0.1) is 0 Å². The number of hydrogen-bond donors (Lipinski definition) is 1. The Labute approximate surface area is 151 Å². The van der Waals surface area contributed by atoms with Crippen LogP contribution in [0, 0.1) is 0 Å². The first-order valence-electron chi connectivity index (χ1n) is 7.84. The molecule has 0 heterocycles. The molecule has 0 aromatic heterocycles. The van der Waals surface area contributed by atoms with Gasteiger partial charge in [0.05, 0.1) is 11.5 Å². The van der Waals surface area contributed by atoms with Crippen molar-refractivity contribution in [1.29, 1.82) is 0 Å². The molecule has 0 unspecified atom stereocenters. The first-order valence-corrected chi connectivity index (χ1v) is 9.76. The fraction of sp³-hybridized carbons (Fsp3) is 0.278. The average molecular weight is 380 g/mol. The molecule has 3 atom stereocenters. The summed E-state index contributed by atoms with van der Waals surface area (Å²) < 4.78 is 31.2. The Balaban J connectivity index is 2.05. The second kappa shape index (κ2) is 6.44. The lowest BCUT2D eigenvalue weighted by Crippen LogP contribution is -2.41. The maximum atomic E-state index is 13.1. The predicted octanol–water partition coefficient (Wildman–Crippen LogP) is 2.54. The molecule has 5 nitrogen and oxygen atoms in total. The molecular formula is C18H18ClNO4S. The molecule has 25 heavy (non-hydrogen) atoms. The van der Waals surface area contributed by atoms with Crippen molar-refractivity contribution >= 4 is 27.4 Å². The van der Waals surface area contributed by atoms with Gasteiger partial charge in [-0.2, -0.15) is 0 Å². The lowest BCUT2D eigenvalue weighted by Gasteiger charge is -2.11. The number of halogens is 1. The predicted molar refractivity (Wildman–Crippen MR) is 95.2 cm³/mol. The van der Waals surface area contributed by atoms with Crippen LogP contribution in [0.5, 0.6) is 0 Å². The van der Waals surface area contributed by atoms with Gasteiger partial charge in [-0.3, -0.25) is 0 Å². The van der Waals surface area contributed by atoms with E-state index in [1.807, 2.05) is 6.07 Å². The van der Waals surface area contributed by atoms with E-state index in [0.717, 1.165) is 0 Å². The molecule has 0 bridgehead atoms. The molecular weight excluding hydrogens is 362 g/mol. The second-order valence-electron chi connectivity index (χ2n) is 5.96. The van der Waals surface area contributed by atoms with Crippen LogP contribution in [0.4, 0.5) is 0 Å². The van der Waals surface area contributed by atoms with Gasteiger partial charge in [0.25, 0.3) is 0 Å². The summed E-state index contributed by atoms with van der Waals surface area (Å²) in [6.07, 6.45) is 0. The van der Waals surface area contributed by atoms with Crippen LogP contribution in [-0.4, -0.2) is 31.8 Å². The molecule has 1 aliphatic rings. The summed E-state index contributed by atoms with van der Waals surface area (Å²) in [5, 5.41) is -0.651. The third-order valence-corrected chi connectivity index (χ3v) is 6.96. The van der Waals surface area contributed by atoms with Gasteiger partial charge in [0.15, 0.2) is 9.84 Å². The number of carbonyl (C=O) groups excluding carboxylic acids is 1. The Kier molecular flexibility index (Phi) is 4.62. The zero-order valence-electron chi connectivity index (χ0n) is 13.6. The van der Waals surface area contributed by atoms with E-state index < -0.39 is 32.5 Å². The topological polar surface area (TPSA) is 86.5 Å². The average Bonchev–Trinajstić information content (AvgIpc) is 3.25. The van der Waals surface area contributed by atoms with Crippen LogP contribution >= 0.6 is 11.6 Å². The molecule has 7 heteroatoms. The summed E-state index contributed by atoms with van der Waals surface area (Å²) in [6, 6.07) is 14.8. The van der Waals surface area contributed by atoms with Crippen molar-refractivity contribution in [2.24, 2.45) is 5.73 Å². The number of benzene rings is 2. The fourth-order valence-electron chi connectivity index (χ4n) is 3.19. The van der Waals surface area contributed by atoms with Gasteiger partial charge in [-0.1, -0.05) is 41.9 Å². The van der Waals surface area contributed by atoms with Crippen LogP contribution in [-0.2, 0) is 19.4 Å². The van der Waals surface area contributed by atoms with E-state index in [4.69, 9.17) is 22.1 Å². The molecule has 0 aliphatic heterocycles. The van der Waals surface area contributed by atoms with Crippen molar-refractivity contribution in [3.63, 3.8) is 0 Å². The lowest BCUT2D eigenvalue weighted by atomic mass is 10.1. The number of esters is 1. The molecule has 2 aromatic rings. The standard InChI is InChI=1S/C18H18ClNO4S/c1-2-24-17(21)18(20)15(12-6-4-3-5-7-12)16(18)25(22,23)14-10-8-13(19)9-11-14/h3-11,15-16H,2,20H2,1H3/t15-,16-,18+/m1/s1. The van der Waals surface area contributed by atoms with Gasteiger partial charge in [0, 0.05) is 10.9 Å². The first kappa shape index (κ1) is 17.9. The Bertz CT molecular complexity index is 883. The number of sulfone groups is 1. The van der Waals surface area contributed by atoms with E-state index in [0.29, 0.717) is 10.6 Å². The van der Waals surface area contributed by atoms with E-state index in [1.54, 1.807) is 31.2 Å². The molecule has 0 spiro atoms. The van der Waals surface area contributed by atoms with Gasteiger partial charge >= 0.3 is 5.97 Å². The number of carbonyl (C=O) groups is 1. The van der Waals surface area contributed by atoms with Crippen LogP contribution in [0.1, 0.15) is 18.4 Å². The zero-order valence-corrected chi connectivity index (χ0v) is 15.1. The molecule has 3 rings (SSSR count). The van der Waals surface area contributed by atoms with Crippen molar-refractivity contribution in [2.45, 2.75) is 28.5 Å². The molecule has 1 aliphatic carbocycles. The van der Waals surface area contributed by atoms with Crippen LogP contribution in [0.25, 0.3) is 0 Å². The smallest absolute Gasteiger partial charge is 0.328 e. The minimum absolute atomic E-state index is 0.0828. The normalized spacial score (nSPS) is 25.4. The van der Waals surface area contributed by atoms with Crippen molar-refractivity contribution in [3.05, 3.63) is 65.2 Å². The Hall–Kier alpha value is -1.89. The molecule has 0 amide bonds. The minimum Gasteiger partial charge on any atom is -0.465 e. The van der Waals surface area contributed by atoms with Crippen LogP contribution in [0.2, 0.25) is 5.02 Å². The number of rotatable bonds is 5. The third-order valence-electron chi connectivity index (χ3n) is 4.44. The highest BCUT2D eigenvalue weighted by Crippen LogP contribution is 2.56. The van der Waals surface area contributed by atoms with Gasteiger partial charge in [0.2, 0.25) is 0 Å². The maximum Gasteiger partial charge on any atom is 0.328 e. The summed E-state index contributed by atoms with van der Waals surface area (Å²) in [7, 11) is -3.84. The zero-order chi connectivity index (χ0) is 18.2. The van der Waals surface area contributed by atoms with Gasteiger partial charge in [0.1, 0.15) is 10.8 Å². The molecule has 0 saturated heterocycles. The van der Waals surface area contributed by atoms with E-state index in [2.05, 4.69) is 0 Å². The highest BCUT2D eigenvalue weighted by molar-refractivity contribution is 7.92. The van der Waals surface area contributed by atoms with Gasteiger partial charge in [-0.05, 0) is 36.8 Å². The Morgan fingerprint density at radius 2 is 1.76 bits per heavy atom. The molecule has 2 N–H and O–H groups in total. The quantitative estimate of drug-likeness (QED) is 0.807. The highest BCUT2D eigenvalue weighted by Gasteiger charge is 2.74. The van der Waals surface area contributed by atoms with Crippen molar-refractivity contribution in [1.82, 2.24) is 0 Å². The van der Waals surface area contributed by atoms with E-state index >= 15 is 0 Å². The number of nitrogens with two attached hydrogens (primary N) is 1. The van der Waals surface area contributed by atoms with Crippen molar-refractivity contribution in [3.8, 4) is 0 Å². The molecule has 0 radical (unpaired) electrons. The van der Waals surface area contributed by atoms with E-state index in [1.165, 1.54) is 24.3 Å². The van der Waals surface area contributed by atoms with Gasteiger partial charge < -0.3 is 10.5 Å². The SMILES string of the molecule is CCOC(=O)[C@]1(N)[C@H](c2ccccc2)[C@H]1S(=O)(=O)c1ccc(Cl)cc1. The van der Waals surface area contributed by atoms with Crippen molar-refractivity contribution < 1.29 is 17.9 Å². The lowest BCUT2D eigenvalue weighted by molar-refractivity contribution is -0.145. The number of ether oxygens (including phenoxy) is 1. The van der Waals surface area contributed by atoms with Crippen LogP contribution in [0.3, 0.4) is 0 Å². The first-order chi connectivity index (χ1) is 11.8. The van der Waals surface area contributed by atoms with Crippen LogP contribution < -0.4 is 5.73 Å².